The van der Waals surface area contributed by atoms with Gasteiger partial charge in [-0.2, -0.15) is 4.98 Å². The summed E-state index contributed by atoms with van der Waals surface area (Å²) in [5.74, 6) is -0.841. The first-order valence-corrected chi connectivity index (χ1v) is 7.75. The largest absolute Gasteiger partial charge is 0.334 e. The lowest BCUT2D eigenvalue weighted by atomic mass is 10.2. The van der Waals surface area contributed by atoms with Gasteiger partial charge >= 0.3 is 0 Å². The Morgan fingerprint density at radius 2 is 1.91 bits per heavy atom. The van der Waals surface area contributed by atoms with E-state index in [9.17, 15) is 17.6 Å². The van der Waals surface area contributed by atoms with Gasteiger partial charge in [0.05, 0.1) is 0 Å². The quantitative estimate of drug-likeness (QED) is 0.729. The first kappa shape index (κ1) is 15.1. The lowest BCUT2D eigenvalue weighted by Gasteiger charge is -2.01. The van der Waals surface area contributed by atoms with Crippen molar-refractivity contribution in [3.63, 3.8) is 0 Å². The van der Waals surface area contributed by atoms with Gasteiger partial charge in [-0.1, -0.05) is 5.16 Å². The van der Waals surface area contributed by atoms with Crippen molar-refractivity contribution in [2.24, 2.45) is 5.14 Å². The van der Waals surface area contributed by atoms with Gasteiger partial charge in [-0.05, 0) is 24.3 Å². The summed E-state index contributed by atoms with van der Waals surface area (Å²) in [5.41, 5.74) is 0.414. The van der Waals surface area contributed by atoms with Crippen LogP contribution in [0.3, 0.4) is 0 Å². The fourth-order valence-electron chi connectivity index (χ4n) is 1.87. The molecule has 8 nitrogen and oxygen atoms in total. The minimum atomic E-state index is -4.15. The van der Waals surface area contributed by atoms with Gasteiger partial charge in [0, 0.05) is 23.4 Å². The Bertz CT molecular complexity index is 1020. The highest BCUT2D eigenvalue weighted by molar-refractivity contribution is 7.89. The van der Waals surface area contributed by atoms with Crippen LogP contribution in [0.5, 0.6) is 0 Å². The first-order valence-electron chi connectivity index (χ1n) is 6.20. The highest BCUT2D eigenvalue weighted by atomic mass is 32.2. The van der Waals surface area contributed by atoms with E-state index in [2.05, 4.69) is 15.1 Å². The zero-order chi connectivity index (χ0) is 16.6. The maximum Gasteiger partial charge on any atom is 0.258 e. The Morgan fingerprint density at radius 1 is 1.17 bits per heavy atom. The van der Waals surface area contributed by atoms with E-state index in [1.165, 1.54) is 24.4 Å². The second-order valence-corrected chi connectivity index (χ2v) is 6.08. The Morgan fingerprint density at radius 3 is 2.52 bits per heavy atom. The molecule has 0 unspecified atom stereocenters. The molecule has 2 heterocycles. The van der Waals surface area contributed by atoms with Gasteiger partial charge in [-0.15, -0.1) is 0 Å². The lowest BCUT2D eigenvalue weighted by Crippen LogP contribution is -2.13. The van der Waals surface area contributed by atoms with E-state index in [-0.39, 0.29) is 22.8 Å². The third-order valence-corrected chi connectivity index (χ3v) is 3.90. The summed E-state index contributed by atoms with van der Waals surface area (Å²) in [7, 11) is -4.15. The molecule has 3 rings (SSSR count). The zero-order valence-electron chi connectivity index (χ0n) is 11.4. The van der Waals surface area contributed by atoms with E-state index in [4.69, 9.17) is 9.66 Å². The van der Waals surface area contributed by atoms with Gasteiger partial charge in [0.2, 0.25) is 21.4 Å². The summed E-state index contributed by atoms with van der Waals surface area (Å²) in [4.78, 5) is 16.9. The van der Waals surface area contributed by atoms with Crippen LogP contribution < -0.4 is 10.7 Å². The highest BCUT2D eigenvalue weighted by Crippen LogP contribution is 2.24. The van der Waals surface area contributed by atoms with Crippen molar-refractivity contribution < 1.29 is 17.3 Å². The SMILES string of the molecule is NS(=O)(=O)c1ccc(-c2nc(-c3ccc(=O)[nH]c3)no2)cc1F. The van der Waals surface area contributed by atoms with Crippen molar-refractivity contribution in [3.05, 3.63) is 52.7 Å². The lowest BCUT2D eigenvalue weighted by molar-refractivity contribution is 0.432. The minimum Gasteiger partial charge on any atom is -0.334 e. The van der Waals surface area contributed by atoms with E-state index in [0.29, 0.717) is 5.56 Å². The molecule has 0 amide bonds. The Balaban J connectivity index is 1.99. The molecule has 0 fully saturated rings. The van der Waals surface area contributed by atoms with E-state index < -0.39 is 20.7 Å². The first-order chi connectivity index (χ1) is 10.8. The fourth-order valence-corrected chi connectivity index (χ4v) is 2.46. The number of H-pyrrole nitrogens is 1. The van der Waals surface area contributed by atoms with Gasteiger partial charge in [0.15, 0.2) is 0 Å². The number of hydrogen-bond acceptors (Lipinski definition) is 6. The number of aromatic nitrogens is 3. The predicted octanol–water partition coefficient (Wildman–Crippen LogP) is 0.878. The van der Waals surface area contributed by atoms with Crippen molar-refractivity contribution in [1.82, 2.24) is 15.1 Å². The van der Waals surface area contributed by atoms with Gasteiger partial charge in [-0.3, -0.25) is 4.79 Å². The number of halogens is 1. The van der Waals surface area contributed by atoms with Crippen molar-refractivity contribution in [2.45, 2.75) is 4.90 Å². The third-order valence-electron chi connectivity index (χ3n) is 2.95. The molecule has 2 aromatic heterocycles. The summed E-state index contributed by atoms with van der Waals surface area (Å²) >= 11 is 0. The summed E-state index contributed by atoms with van der Waals surface area (Å²) in [6.07, 6.45) is 1.40. The van der Waals surface area contributed by atoms with Crippen molar-refractivity contribution in [1.29, 1.82) is 0 Å². The maximum absolute atomic E-state index is 13.8. The van der Waals surface area contributed by atoms with Crippen LogP contribution in [0.15, 0.2) is 50.7 Å². The second kappa shape index (κ2) is 5.41. The Hall–Kier alpha value is -2.85. The fraction of sp³-hybridized carbons (Fsp3) is 0. The smallest absolute Gasteiger partial charge is 0.258 e. The Labute approximate surface area is 128 Å². The third kappa shape index (κ3) is 3.03. The molecule has 3 N–H and O–H groups in total. The normalized spacial score (nSPS) is 11.6. The van der Waals surface area contributed by atoms with E-state index in [1.807, 2.05) is 0 Å². The van der Waals surface area contributed by atoms with Crippen molar-refractivity contribution >= 4 is 10.0 Å². The molecule has 1 aromatic carbocycles. The van der Waals surface area contributed by atoms with Crippen LogP contribution in [0, 0.1) is 5.82 Å². The molecule has 0 saturated carbocycles. The zero-order valence-corrected chi connectivity index (χ0v) is 12.2. The second-order valence-electron chi connectivity index (χ2n) is 4.55. The monoisotopic (exact) mass is 336 g/mol. The van der Waals surface area contributed by atoms with Crippen LogP contribution in [-0.2, 0) is 10.0 Å². The van der Waals surface area contributed by atoms with Crippen LogP contribution in [0.1, 0.15) is 0 Å². The van der Waals surface area contributed by atoms with Gasteiger partial charge in [0.25, 0.3) is 5.89 Å². The average molecular weight is 336 g/mol. The number of sulfonamides is 1. The maximum atomic E-state index is 13.8. The molecule has 0 saturated heterocycles. The van der Waals surface area contributed by atoms with E-state index >= 15 is 0 Å². The van der Waals surface area contributed by atoms with Crippen LogP contribution in [0.4, 0.5) is 4.39 Å². The van der Waals surface area contributed by atoms with E-state index in [1.54, 1.807) is 0 Å². The number of hydrogen-bond donors (Lipinski definition) is 2. The number of rotatable bonds is 3. The van der Waals surface area contributed by atoms with E-state index in [0.717, 1.165) is 12.1 Å². The number of nitrogens with one attached hydrogen (secondary N) is 1. The summed E-state index contributed by atoms with van der Waals surface area (Å²) < 4.78 is 41.2. The molecule has 0 aliphatic rings. The minimum absolute atomic E-state index is 0.00827. The molecular weight excluding hydrogens is 327 g/mol. The van der Waals surface area contributed by atoms with Gasteiger partial charge < -0.3 is 9.51 Å². The van der Waals surface area contributed by atoms with Gasteiger partial charge in [-0.25, -0.2) is 17.9 Å². The number of nitrogens with zero attached hydrogens (tertiary/aromatic N) is 2. The van der Waals surface area contributed by atoms with Crippen LogP contribution in [-0.4, -0.2) is 23.5 Å². The van der Waals surface area contributed by atoms with Gasteiger partial charge in [0.1, 0.15) is 10.7 Å². The molecule has 23 heavy (non-hydrogen) atoms. The molecular formula is C13H9FN4O4S. The standard InChI is InChI=1S/C13H9FN4O4S/c14-9-5-7(1-3-10(9)23(15,20)21)13-17-12(18-22-13)8-2-4-11(19)16-6-8/h1-6H,(H,16,19)(H2,15,20,21). The number of pyridine rings is 1. The van der Waals surface area contributed by atoms with Crippen molar-refractivity contribution in [3.8, 4) is 22.8 Å². The highest BCUT2D eigenvalue weighted by Gasteiger charge is 2.17. The summed E-state index contributed by atoms with van der Waals surface area (Å²) in [6, 6.07) is 6.05. The van der Waals surface area contributed by atoms with Crippen LogP contribution >= 0.6 is 0 Å². The van der Waals surface area contributed by atoms with Crippen molar-refractivity contribution in [2.75, 3.05) is 0 Å². The number of primary sulfonamides is 1. The molecule has 0 radical (unpaired) electrons. The molecule has 0 atom stereocenters. The Kier molecular flexibility index (Phi) is 3.54. The summed E-state index contributed by atoms with van der Waals surface area (Å²) in [6.45, 7) is 0. The topological polar surface area (TPSA) is 132 Å². The summed E-state index contributed by atoms with van der Waals surface area (Å²) in [5, 5.41) is 8.61. The van der Waals surface area contributed by atoms with Crippen LogP contribution in [0.25, 0.3) is 22.8 Å². The predicted molar refractivity (Wildman–Crippen MR) is 77.1 cm³/mol. The molecule has 10 heteroatoms. The number of benzene rings is 1. The number of aromatic amines is 1. The number of nitrogens with two attached hydrogens (primary N) is 1. The molecule has 0 bridgehead atoms. The molecule has 0 spiro atoms. The molecule has 118 valence electrons. The molecule has 0 aliphatic heterocycles. The van der Waals surface area contributed by atoms with Crippen LogP contribution in [0.2, 0.25) is 0 Å². The molecule has 0 aliphatic carbocycles. The average Bonchev–Trinajstić information content (AvgIpc) is 2.96. The molecule has 3 aromatic rings.